The Morgan fingerprint density at radius 1 is 0.944 bits per heavy atom. The molecule has 18 heavy (non-hydrogen) atoms. The van der Waals surface area contributed by atoms with Gasteiger partial charge in [0.25, 0.3) is 0 Å². The van der Waals surface area contributed by atoms with E-state index in [1.54, 1.807) is 12.3 Å². The molecule has 1 aromatic heterocycles. The van der Waals surface area contributed by atoms with E-state index >= 15 is 0 Å². The van der Waals surface area contributed by atoms with Gasteiger partial charge in [0.05, 0.1) is 19.5 Å². The largest absolute Gasteiger partial charge is 0.457 e. The van der Waals surface area contributed by atoms with Gasteiger partial charge in [-0.15, -0.1) is 0 Å². The lowest BCUT2D eigenvalue weighted by Gasteiger charge is -2.22. The molecule has 0 N–H and O–H groups in total. The van der Waals surface area contributed by atoms with Crippen molar-refractivity contribution in [3.8, 4) is 11.7 Å². The van der Waals surface area contributed by atoms with Gasteiger partial charge in [0.1, 0.15) is 0 Å². The zero-order valence-electron chi connectivity index (χ0n) is 10.3. The highest BCUT2D eigenvalue weighted by Gasteiger charge is 2.23. The zero-order chi connectivity index (χ0) is 12.2. The van der Waals surface area contributed by atoms with E-state index in [1.807, 2.05) is 0 Å². The highest BCUT2D eigenvalue weighted by Crippen LogP contribution is 2.33. The second-order valence-corrected chi connectivity index (χ2v) is 4.55. The summed E-state index contributed by atoms with van der Waals surface area (Å²) >= 11 is 0. The fraction of sp³-hybridized carbons (Fsp3) is 0.692. The highest BCUT2D eigenvalue weighted by molar-refractivity contribution is 5.30. The zero-order valence-corrected chi connectivity index (χ0v) is 10.3. The first-order valence-corrected chi connectivity index (χ1v) is 6.56. The molecule has 0 amide bonds. The minimum Gasteiger partial charge on any atom is -0.457 e. The molecule has 2 atom stereocenters. The Kier molecular flexibility index (Phi) is 3.71. The van der Waals surface area contributed by atoms with Crippen molar-refractivity contribution in [1.29, 1.82) is 0 Å². The van der Waals surface area contributed by atoms with Gasteiger partial charge in [-0.3, -0.25) is 0 Å². The Bertz CT molecular complexity index is 363. The molecule has 2 aliphatic heterocycles. The third-order valence-electron chi connectivity index (χ3n) is 3.12. The molecule has 0 saturated carbocycles. The molecule has 0 radical (unpaired) electrons. The monoisotopic (exact) mass is 254 g/mol. The molecule has 5 heteroatoms. The Morgan fingerprint density at radius 3 is 2.44 bits per heavy atom. The van der Waals surface area contributed by atoms with E-state index in [0.29, 0.717) is 11.7 Å². The molecule has 2 saturated heterocycles. The molecule has 0 aromatic carbocycles. The molecule has 2 unspecified atom stereocenters. The number of rotatable bonds is 4. The fourth-order valence-corrected chi connectivity index (χ4v) is 2.16. The highest BCUT2D eigenvalue weighted by atomic mass is 16.7. The van der Waals surface area contributed by atoms with Crippen molar-refractivity contribution in [3.05, 3.63) is 12.3 Å². The van der Waals surface area contributed by atoms with Crippen LogP contribution in [0.25, 0.3) is 0 Å². The molecule has 0 bridgehead atoms. The number of hydrogen-bond acceptors (Lipinski definition) is 5. The predicted octanol–water partition coefficient (Wildman–Crippen LogP) is 2.70. The molecular formula is C13H18O5. The van der Waals surface area contributed by atoms with Crippen LogP contribution in [0.5, 0.6) is 11.7 Å². The van der Waals surface area contributed by atoms with Crippen LogP contribution in [0.3, 0.4) is 0 Å². The van der Waals surface area contributed by atoms with E-state index in [9.17, 15) is 0 Å². The van der Waals surface area contributed by atoms with Gasteiger partial charge >= 0.3 is 5.95 Å². The maximum atomic E-state index is 5.69. The van der Waals surface area contributed by atoms with E-state index in [2.05, 4.69) is 0 Å². The van der Waals surface area contributed by atoms with Crippen LogP contribution in [-0.2, 0) is 9.47 Å². The van der Waals surface area contributed by atoms with E-state index in [0.717, 1.165) is 45.3 Å². The van der Waals surface area contributed by atoms with Crippen LogP contribution in [0, 0.1) is 0 Å². The van der Waals surface area contributed by atoms with Crippen LogP contribution < -0.4 is 9.47 Å². The van der Waals surface area contributed by atoms with Gasteiger partial charge in [0.15, 0.2) is 6.29 Å². The van der Waals surface area contributed by atoms with Crippen LogP contribution in [0.4, 0.5) is 0 Å². The molecule has 100 valence electrons. The molecule has 0 spiro atoms. The summed E-state index contributed by atoms with van der Waals surface area (Å²) in [5, 5.41) is 0. The summed E-state index contributed by atoms with van der Waals surface area (Å²) in [5.74, 6) is 0.980. The van der Waals surface area contributed by atoms with Crippen LogP contribution in [0.15, 0.2) is 16.7 Å². The predicted molar refractivity (Wildman–Crippen MR) is 62.5 cm³/mol. The van der Waals surface area contributed by atoms with Crippen molar-refractivity contribution in [2.24, 2.45) is 0 Å². The molecule has 2 fully saturated rings. The second-order valence-electron chi connectivity index (χ2n) is 4.55. The molecule has 1 aromatic rings. The summed E-state index contributed by atoms with van der Waals surface area (Å²) in [6, 6.07) is 1.75. The quantitative estimate of drug-likeness (QED) is 0.826. The molecule has 0 aliphatic carbocycles. The van der Waals surface area contributed by atoms with E-state index < -0.39 is 0 Å². The summed E-state index contributed by atoms with van der Waals surface area (Å²) < 4.78 is 27.6. The third kappa shape index (κ3) is 2.79. The molecule has 3 rings (SSSR count). The Balaban J connectivity index is 1.59. The van der Waals surface area contributed by atoms with Crippen LogP contribution in [-0.4, -0.2) is 25.8 Å². The van der Waals surface area contributed by atoms with Gasteiger partial charge in [-0.25, -0.2) is 0 Å². The summed E-state index contributed by atoms with van der Waals surface area (Å²) in [6.45, 7) is 1.50. The number of ether oxygens (including phenoxy) is 4. The van der Waals surface area contributed by atoms with Crippen LogP contribution in [0.1, 0.15) is 32.1 Å². The smallest absolute Gasteiger partial charge is 0.331 e. The van der Waals surface area contributed by atoms with Crippen LogP contribution >= 0.6 is 0 Å². The fourth-order valence-electron chi connectivity index (χ4n) is 2.16. The van der Waals surface area contributed by atoms with E-state index in [-0.39, 0.29) is 12.6 Å². The van der Waals surface area contributed by atoms with Crippen molar-refractivity contribution in [2.75, 3.05) is 13.2 Å². The summed E-state index contributed by atoms with van der Waals surface area (Å²) in [7, 11) is 0. The molecule has 3 heterocycles. The summed E-state index contributed by atoms with van der Waals surface area (Å²) in [4.78, 5) is 0. The van der Waals surface area contributed by atoms with Gasteiger partial charge in [0, 0.05) is 18.9 Å². The SMILES string of the molecule is c1cc(OC2CCCO2)c(OC2CCCCO2)o1. The molecule has 5 nitrogen and oxygen atoms in total. The number of furan rings is 1. The third-order valence-corrected chi connectivity index (χ3v) is 3.12. The number of hydrogen-bond donors (Lipinski definition) is 0. The maximum Gasteiger partial charge on any atom is 0.331 e. The lowest BCUT2D eigenvalue weighted by atomic mass is 10.2. The first kappa shape index (κ1) is 11.9. The Labute approximate surface area is 106 Å². The van der Waals surface area contributed by atoms with E-state index in [1.165, 1.54) is 0 Å². The minimum atomic E-state index is -0.225. The van der Waals surface area contributed by atoms with Crippen molar-refractivity contribution >= 4 is 0 Å². The topological polar surface area (TPSA) is 50.1 Å². The average molecular weight is 254 g/mol. The van der Waals surface area contributed by atoms with Crippen molar-refractivity contribution in [3.63, 3.8) is 0 Å². The average Bonchev–Trinajstić information content (AvgIpc) is 3.04. The molecular weight excluding hydrogens is 236 g/mol. The normalized spacial score (nSPS) is 28.2. The van der Waals surface area contributed by atoms with Crippen molar-refractivity contribution < 1.29 is 23.4 Å². The van der Waals surface area contributed by atoms with Gasteiger partial charge < -0.3 is 23.4 Å². The van der Waals surface area contributed by atoms with Crippen molar-refractivity contribution in [1.82, 2.24) is 0 Å². The summed E-state index contributed by atoms with van der Waals surface area (Å²) in [5.41, 5.74) is 0. The van der Waals surface area contributed by atoms with Gasteiger partial charge in [0.2, 0.25) is 12.0 Å². The first-order chi connectivity index (χ1) is 8.92. The standard InChI is InChI=1S/C13H18O5/c1-2-7-14-12(4-1)18-13-10(6-9-16-13)17-11-5-3-8-15-11/h6,9,11-12H,1-5,7-8H2. The Hall–Kier alpha value is -1.20. The minimum absolute atomic E-state index is 0.183. The second kappa shape index (κ2) is 5.63. The van der Waals surface area contributed by atoms with Crippen molar-refractivity contribution in [2.45, 2.75) is 44.7 Å². The molecule has 2 aliphatic rings. The van der Waals surface area contributed by atoms with Crippen LogP contribution in [0.2, 0.25) is 0 Å². The van der Waals surface area contributed by atoms with Gasteiger partial charge in [-0.2, -0.15) is 0 Å². The van der Waals surface area contributed by atoms with Gasteiger partial charge in [-0.1, -0.05) is 0 Å². The Morgan fingerprint density at radius 2 is 1.72 bits per heavy atom. The maximum absolute atomic E-state index is 5.69. The lowest BCUT2D eigenvalue weighted by molar-refractivity contribution is -0.117. The van der Waals surface area contributed by atoms with Gasteiger partial charge in [-0.05, 0) is 19.3 Å². The van der Waals surface area contributed by atoms with E-state index in [4.69, 9.17) is 23.4 Å². The summed E-state index contributed by atoms with van der Waals surface area (Å²) in [6.07, 6.45) is 6.19. The first-order valence-electron chi connectivity index (χ1n) is 6.56. The lowest BCUT2D eigenvalue weighted by Crippen LogP contribution is -2.25.